The highest BCUT2D eigenvalue weighted by molar-refractivity contribution is 5.97. The number of pyridine rings is 2. The number of ether oxygens (including phenoxy) is 1. The summed E-state index contributed by atoms with van der Waals surface area (Å²) in [5.41, 5.74) is 0.219. The molecule has 2 heterocycles. The zero-order valence-electron chi connectivity index (χ0n) is 11.4. The normalized spacial score (nSPS) is 9.63. The first kappa shape index (κ1) is 14.9. The Bertz CT molecular complexity index is 553. The molecule has 0 aliphatic rings. The van der Waals surface area contributed by atoms with Crippen LogP contribution < -0.4 is 0 Å². The fourth-order valence-corrected chi connectivity index (χ4v) is 1.27. The summed E-state index contributed by atoms with van der Waals surface area (Å²) in [7, 11) is 1.23. The molecule has 0 amide bonds. The summed E-state index contributed by atoms with van der Waals surface area (Å²) in [5, 5.41) is 10.4. The Hall–Kier alpha value is -2.17. The maximum absolute atomic E-state index is 11.2. The van der Waals surface area contributed by atoms with Crippen LogP contribution in [0.2, 0.25) is 0 Å². The second kappa shape index (κ2) is 7.31. The number of aromatic nitrogens is 2. The Morgan fingerprint density at radius 1 is 1.32 bits per heavy atom. The molecule has 5 heteroatoms. The minimum absolute atomic E-state index is 0.122. The van der Waals surface area contributed by atoms with Crippen LogP contribution in [0.25, 0.3) is 10.9 Å². The first-order valence-electron chi connectivity index (χ1n) is 6.16. The molecule has 0 unspecified atom stereocenters. The van der Waals surface area contributed by atoms with Crippen LogP contribution in [-0.2, 0) is 4.74 Å². The Kier molecular flexibility index (Phi) is 5.73. The topological polar surface area (TPSA) is 72.3 Å². The van der Waals surface area contributed by atoms with Gasteiger partial charge in [-0.1, -0.05) is 26.7 Å². The number of unbranched alkanes of at least 4 members (excludes halogenated alkanes) is 1. The minimum atomic E-state index is -0.681. The van der Waals surface area contributed by atoms with Gasteiger partial charge >= 0.3 is 5.97 Å². The van der Waals surface area contributed by atoms with E-state index in [1.807, 2.05) is 0 Å². The van der Waals surface area contributed by atoms with Gasteiger partial charge < -0.3 is 9.84 Å². The molecule has 19 heavy (non-hydrogen) atoms. The smallest absolute Gasteiger partial charge is 0.360 e. The number of aromatic hydroxyl groups is 1. The van der Waals surface area contributed by atoms with Crippen molar-refractivity contribution >= 4 is 16.9 Å². The van der Waals surface area contributed by atoms with E-state index in [9.17, 15) is 9.90 Å². The van der Waals surface area contributed by atoms with Gasteiger partial charge in [-0.15, -0.1) is 0 Å². The molecule has 0 radical (unpaired) electrons. The first-order valence-corrected chi connectivity index (χ1v) is 6.16. The molecule has 102 valence electrons. The van der Waals surface area contributed by atoms with Crippen molar-refractivity contribution in [3.8, 4) is 5.75 Å². The van der Waals surface area contributed by atoms with Crippen molar-refractivity contribution in [1.29, 1.82) is 0 Å². The zero-order chi connectivity index (χ0) is 14.3. The Morgan fingerprint density at radius 3 is 2.58 bits per heavy atom. The number of hydrogen-bond acceptors (Lipinski definition) is 5. The fourth-order valence-electron chi connectivity index (χ4n) is 1.27. The van der Waals surface area contributed by atoms with Crippen LogP contribution in [0.15, 0.2) is 24.5 Å². The lowest BCUT2D eigenvalue weighted by molar-refractivity contribution is 0.0591. The Balaban J connectivity index is 0.000000399. The third kappa shape index (κ3) is 3.64. The second-order valence-corrected chi connectivity index (χ2v) is 3.89. The first-order chi connectivity index (χ1) is 9.15. The third-order valence-electron chi connectivity index (χ3n) is 2.50. The quantitative estimate of drug-likeness (QED) is 0.842. The molecular formula is C14H18N2O3. The van der Waals surface area contributed by atoms with Crippen molar-refractivity contribution in [2.45, 2.75) is 26.7 Å². The molecule has 0 saturated heterocycles. The van der Waals surface area contributed by atoms with Crippen LogP contribution >= 0.6 is 0 Å². The predicted octanol–water partition coefficient (Wildman–Crippen LogP) is 2.93. The van der Waals surface area contributed by atoms with E-state index in [1.165, 1.54) is 32.3 Å². The van der Waals surface area contributed by atoms with Gasteiger partial charge in [0.1, 0.15) is 5.52 Å². The minimum Gasteiger partial charge on any atom is -0.504 e. The molecule has 0 atom stereocenters. The van der Waals surface area contributed by atoms with Crippen LogP contribution in [0.3, 0.4) is 0 Å². The van der Waals surface area contributed by atoms with Crippen LogP contribution in [0, 0.1) is 0 Å². The number of carbonyl (C=O) groups excluding carboxylic acids is 1. The summed E-state index contributed by atoms with van der Waals surface area (Å²) in [4.78, 5) is 19.0. The van der Waals surface area contributed by atoms with Crippen molar-refractivity contribution in [3.63, 3.8) is 0 Å². The van der Waals surface area contributed by atoms with Crippen molar-refractivity contribution < 1.29 is 14.6 Å². The highest BCUT2D eigenvalue weighted by Gasteiger charge is 2.16. The number of esters is 1. The summed E-state index contributed by atoms with van der Waals surface area (Å²) >= 11 is 0. The largest absolute Gasteiger partial charge is 0.504 e. The summed E-state index contributed by atoms with van der Waals surface area (Å²) in [6, 6.07) is 3.47. The fraction of sp³-hybridized carbons (Fsp3) is 0.357. The van der Waals surface area contributed by atoms with E-state index in [4.69, 9.17) is 0 Å². The Labute approximate surface area is 112 Å². The van der Waals surface area contributed by atoms with Crippen molar-refractivity contribution in [2.75, 3.05) is 7.11 Å². The highest BCUT2D eigenvalue weighted by atomic mass is 16.5. The molecule has 0 saturated carbocycles. The number of fused-ring (bicyclic) bond motifs is 1. The molecular weight excluding hydrogens is 244 g/mol. The van der Waals surface area contributed by atoms with Crippen LogP contribution in [0.4, 0.5) is 0 Å². The standard InChI is InChI=1S/C10H8N2O3.C4H10/c1-15-10(14)8-9(13)7-6(5-12-8)3-2-4-11-7;1-3-4-2/h2-5,13H,1H3;3-4H2,1-2H3. The van der Waals surface area contributed by atoms with Gasteiger partial charge in [-0.2, -0.15) is 0 Å². The predicted molar refractivity (Wildman–Crippen MR) is 73.1 cm³/mol. The van der Waals surface area contributed by atoms with E-state index in [0.29, 0.717) is 10.9 Å². The SMILES string of the molecule is CCCC.COC(=O)c1ncc2cccnc2c1O. The van der Waals surface area contributed by atoms with Gasteiger partial charge in [-0.3, -0.25) is 4.98 Å². The van der Waals surface area contributed by atoms with Gasteiger partial charge in [0.05, 0.1) is 7.11 Å². The van der Waals surface area contributed by atoms with Crippen LogP contribution in [0.1, 0.15) is 37.2 Å². The van der Waals surface area contributed by atoms with Gasteiger partial charge in [-0.05, 0) is 12.1 Å². The molecule has 2 rings (SSSR count). The number of methoxy groups -OCH3 is 1. The van der Waals surface area contributed by atoms with Gasteiger partial charge in [0.15, 0.2) is 11.4 Å². The zero-order valence-corrected chi connectivity index (χ0v) is 11.4. The Morgan fingerprint density at radius 2 is 2.00 bits per heavy atom. The van der Waals surface area contributed by atoms with E-state index in [2.05, 4.69) is 28.6 Å². The molecule has 0 aliphatic carbocycles. The number of nitrogens with zero attached hydrogens (tertiary/aromatic N) is 2. The average molecular weight is 262 g/mol. The van der Waals surface area contributed by atoms with E-state index in [0.717, 1.165) is 0 Å². The lowest BCUT2D eigenvalue weighted by Gasteiger charge is -2.03. The van der Waals surface area contributed by atoms with Crippen molar-refractivity contribution in [2.24, 2.45) is 0 Å². The van der Waals surface area contributed by atoms with Crippen LogP contribution in [-0.4, -0.2) is 28.2 Å². The van der Waals surface area contributed by atoms with Gasteiger partial charge in [0, 0.05) is 17.8 Å². The van der Waals surface area contributed by atoms with E-state index in [-0.39, 0.29) is 11.4 Å². The molecule has 2 aromatic rings. The highest BCUT2D eigenvalue weighted by Crippen LogP contribution is 2.24. The van der Waals surface area contributed by atoms with Gasteiger partial charge in [0.25, 0.3) is 0 Å². The molecule has 0 spiro atoms. The van der Waals surface area contributed by atoms with Crippen LogP contribution in [0.5, 0.6) is 5.75 Å². The summed E-state index contributed by atoms with van der Waals surface area (Å²) in [6.07, 6.45) is 5.64. The van der Waals surface area contributed by atoms with Gasteiger partial charge in [0.2, 0.25) is 0 Å². The average Bonchev–Trinajstić information content (AvgIpc) is 2.47. The third-order valence-corrected chi connectivity index (χ3v) is 2.50. The molecule has 5 nitrogen and oxygen atoms in total. The summed E-state index contributed by atoms with van der Waals surface area (Å²) < 4.78 is 4.48. The van der Waals surface area contributed by atoms with Crippen molar-refractivity contribution in [1.82, 2.24) is 9.97 Å². The maximum atomic E-state index is 11.2. The lowest BCUT2D eigenvalue weighted by atomic mass is 10.2. The van der Waals surface area contributed by atoms with Crippen molar-refractivity contribution in [3.05, 3.63) is 30.2 Å². The molecule has 0 fully saturated rings. The summed E-state index contributed by atoms with van der Waals surface area (Å²) in [6.45, 7) is 4.36. The molecule has 1 N–H and O–H groups in total. The van der Waals surface area contributed by atoms with E-state index >= 15 is 0 Å². The van der Waals surface area contributed by atoms with E-state index < -0.39 is 5.97 Å². The van der Waals surface area contributed by atoms with E-state index in [1.54, 1.807) is 12.1 Å². The maximum Gasteiger partial charge on any atom is 0.360 e. The number of hydrogen-bond donors (Lipinski definition) is 1. The summed E-state index contributed by atoms with van der Waals surface area (Å²) in [5.74, 6) is -0.931. The molecule has 0 aliphatic heterocycles. The lowest BCUT2D eigenvalue weighted by Crippen LogP contribution is -2.04. The molecule has 0 bridgehead atoms. The monoisotopic (exact) mass is 262 g/mol. The molecule has 0 aromatic carbocycles. The number of rotatable bonds is 2. The number of carbonyl (C=O) groups is 1. The molecule has 2 aromatic heterocycles. The van der Waals surface area contributed by atoms with Gasteiger partial charge in [-0.25, -0.2) is 9.78 Å². The second-order valence-electron chi connectivity index (χ2n) is 3.89.